The van der Waals surface area contributed by atoms with E-state index in [0.717, 1.165) is 28.7 Å². The van der Waals surface area contributed by atoms with Crippen LogP contribution in [0.25, 0.3) is 6.08 Å². The van der Waals surface area contributed by atoms with Crippen LogP contribution in [0.1, 0.15) is 35.2 Å². The van der Waals surface area contributed by atoms with Gasteiger partial charge in [0.15, 0.2) is 5.78 Å². The van der Waals surface area contributed by atoms with Crippen molar-refractivity contribution in [3.63, 3.8) is 0 Å². The largest absolute Gasteiger partial charge is 0.372 e. The maximum absolute atomic E-state index is 12.3. The van der Waals surface area contributed by atoms with Gasteiger partial charge in [-0.2, -0.15) is 0 Å². The molecule has 0 atom stereocenters. The molecule has 1 saturated heterocycles. The van der Waals surface area contributed by atoms with Gasteiger partial charge in [-0.15, -0.1) is 0 Å². The van der Waals surface area contributed by atoms with Crippen LogP contribution in [-0.2, 0) is 0 Å². The Balaban J connectivity index is 1.69. The van der Waals surface area contributed by atoms with Crippen molar-refractivity contribution in [2.75, 3.05) is 18.0 Å². The molecule has 0 unspecified atom stereocenters. The quantitative estimate of drug-likeness (QED) is 0.535. The van der Waals surface area contributed by atoms with Crippen LogP contribution in [0.5, 0.6) is 0 Å². The van der Waals surface area contributed by atoms with Gasteiger partial charge < -0.3 is 4.90 Å². The SMILES string of the molecule is O=C(/C=C/c1ccccc1Br)c1ccc(N2CCCCC2)cc1. The molecular formula is C20H20BrNO. The normalized spacial score (nSPS) is 15.1. The maximum atomic E-state index is 12.3. The molecule has 118 valence electrons. The third-order valence-electron chi connectivity index (χ3n) is 4.19. The van der Waals surface area contributed by atoms with Gasteiger partial charge >= 0.3 is 0 Å². The smallest absolute Gasteiger partial charge is 0.185 e. The van der Waals surface area contributed by atoms with Crippen LogP contribution in [-0.4, -0.2) is 18.9 Å². The molecule has 23 heavy (non-hydrogen) atoms. The van der Waals surface area contributed by atoms with Crippen LogP contribution < -0.4 is 4.90 Å². The van der Waals surface area contributed by atoms with Crippen molar-refractivity contribution < 1.29 is 4.79 Å². The molecule has 3 rings (SSSR count). The number of hydrogen-bond donors (Lipinski definition) is 0. The summed E-state index contributed by atoms with van der Waals surface area (Å²) in [6.07, 6.45) is 7.33. The van der Waals surface area contributed by atoms with Crippen LogP contribution in [0.15, 0.2) is 59.1 Å². The van der Waals surface area contributed by atoms with E-state index in [0.29, 0.717) is 0 Å². The lowest BCUT2D eigenvalue weighted by Crippen LogP contribution is -2.29. The number of hydrogen-bond acceptors (Lipinski definition) is 2. The molecule has 0 N–H and O–H groups in total. The van der Waals surface area contributed by atoms with Crippen LogP contribution in [0, 0.1) is 0 Å². The molecular weight excluding hydrogens is 350 g/mol. The Hall–Kier alpha value is -1.87. The predicted molar refractivity (Wildman–Crippen MR) is 100 cm³/mol. The molecule has 2 aromatic carbocycles. The zero-order valence-corrected chi connectivity index (χ0v) is 14.6. The Morgan fingerprint density at radius 1 is 0.957 bits per heavy atom. The maximum Gasteiger partial charge on any atom is 0.185 e. The van der Waals surface area contributed by atoms with Gasteiger partial charge in [0.2, 0.25) is 0 Å². The van der Waals surface area contributed by atoms with Crippen LogP contribution in [0.3, 0.4) is 0 Å². The number of carbonyl (C=O) groups is 1. The summed E-state index contributed by atoms with van der Waals surface area (Å²) in [6, 6.07) is 15.8. The van der Waals surface area contributed by atoms with E-state index in [2.05, 4.69) is 33.0 Å². The van der Waals surface area contributed by atoms with Crippen molar-refractivity contribution in [2.24, 2.45) is 0 Å². The Morgan fingerprint density at radius 3 is 2.35 bits per heavy atom. The fourth-order valence-corrected chi connectivity index (χ4v) is 3.28. The average Bonchev–Trinajstić information content (AvgIpc) is 2.62. The van der Waals surface area contributed by atoms with Gasteiger partial charge in [0, 0.05) is 28.8 Å². The summed E-state index contributed by atoms with van der Waals surface area (Å²) in [5.74, 6) is 0.0333. The number of piperidine rings is 1. The Labute approximate surface area is 146 Å². The summed E-state index contributed by atoms with van der Waals surface area (Å²) >= 11 is 3.49. The van der Waals surface area contributed by atoms with Gasteiger partial charge in [0.1, 0.15) is 0 Å². The molecule has 2 aromatic rings. The van der Waals surface area contributed by atoms with Crippen LogP contribution >= 0.6 is 15.9 Å². The molecule has 1 heterocycles. The highest BCUT2D eigenvalue weighted by atomic mass is 79.9. The summed E-state index contributed by atoms with van der Waals surface area (Å²) in [7, 11) is 0. The fourth-order valence-electron chi connectivity index (χ4n) is 2.86. The van der Waals surface area contributed by atoms with E-state index >= 15 is 0 Å². The first-order chi connectivity index (χ1) is 11.2. The second kappa shape index (κ2) is 7.60. The van der Waals surface area contributed by atoms with Gasteiger partial charge in [-0.05, 0) is 67.3 Å². The Morgan fingerprint density at radius 2 is 1.65 bits per heavy atom. The average molecular weight is 370 g/mol. The monoisotopic (exact) mass is 369 g/mol. The Bertz CT molecular complexity index is 700. The van der Waals surface area contributed by atoms with Crippen molar-refractivity contribution in [1.82, 2.24) is 0 Å². The highest BCUT2D eigenvalue weighted by molar-refractivity contribution is 9.10. The number of benzene rings is 2. The van der Waals surface area contributed by atoms with E-state index < -0.39 is 0 Å². The molecule has 0 aromatic heterocycles. The second-order valence-electron chi connectivity index (χ2n) is 5.81. The third-order valence-corrected chi connectivity index (χ3v) is 4.91. The molecule has 2 nitrogen and oxygen atoms in total. The standard InChI is InChI=1S/C20H20BrNO/c21-19-7-3-2-6-16(19)10-13-20(23)17-8-11-18(12-9-17)22-14-4-1-5-15-22/h2-3,6-13H,1,4-5,14-15H2/b13-10+. The fraction of sp³-hybridized carbons (Fsp3) is 0.250. The van der Waals surface area contributed by atoms with Crippen molar-refractivity contribution >= 4 is 33.5 Å². The second-order valence-corrected chi connectivity index (χ2v) is 6.67. The van der Waals surface area contributed by atoms with E-state index in [1.165, 1.54) is 24.9 Å². The van der Waals surface area contributed by atoms with E-state index in [4.69, 9.17) is 0 Å². The molecule has 1 fully saturated rings. The van der Waals surface area contributed by atoms with Gasteiger partial charge in [-0.1, -0.05) is 34.1 Å². The van der Waals surface area contributed by atoms with E-state index in [1.807, 2.05) is 42.5 Å². The number of carbonyl (C=O) groups excluding carboxylic acids is 1. The highest BCUT2D eigenvalue weighted by Gasteiger charge is 2.11. The van der Waals surface area contributed by atoms with Gasteiger partial charge in [0.25, 0.3) is 0 Å². The van der Waals surface area contributed by atoms with Crippen molar-refractivity contribution in [1.29, 1.82) is 0 Å². The summed E-state index contributed by atoms with van der Waals surface area (Å²) < 4.78 is 0.990. The molecule has 0 aliphatic carbocycles. The summed E-state index contributed by atoms with van der Waals surface area (Å²) in [5, 5.41) is 0. The lowest BCUT2D eigenvalue weighted by atomic mass is 10.1. The summed E-state index contributed by atoms with van der Waals surface area (Å²) in [6.45, 7) is 2.24. The molecule has 0 bridgehead atoms. The van der Waals surface area contributed by atoms with Gasteiger partial charge in [-0.3, -0.25) is 4.79 Å². The van der Waals surface area contributed by atoms with Crippen LogP contribution in [0.2, 0.25) is 0 Å². The predicted octanol–water partition coefficient (Wildman–Crippen LogP) is 5.34. The van der Waals surface area contributed by atoms with Crippen LogP contribution in [0.4, 0.5) is 5.69 Å². The minimum absolute atomic E-state index is 0.0333. The first-order valence-corrected chi connectivity index (χ1v) is 8.85. The number of nitrogens with zero attached hydrogens (tertiary/aromatic N) is 1. The summed E-state index contributed by atoms with van der Waals surface area (Å²) in [5.41, 5.74) is 2.95. The molecule has 1 aliphatic heterocycles. The first-order valence-electron chi connectivity index (χ1n) is 8.06. The number of rotatable bonds is 4. The number of halogens is 1. The van der Waals surface area contributed by atoms with E-state index in [-0.39, 0.29) is 5.78 Å². The molecule has 3 heteroatoms. The Kier molecular flexibility index (Phi) is 5.29. The molecule has 0 radical (unpaired) electrons. The van der Waals surface area contributed by atoms with Crippen molar-refractivity contribution in [3.8, 4) is 0 Å². The molecule has 0 saturated carbocycles. The molecule has 1 aliphatic rings. The number of anilines is 1. The van der Waals surface area contributed by atoms with Gasteiger partial charge in [0.05, 0.1) is 0 Å². The minimum Gasteiger partial charge on any atom is -0.372 e. The summed E-state index contributed by atoms with van der Waals surface area (Å²) in [4.78, 5) is 14.7. The number of ketones is 1. The lowest BCUT2D eigenvalue weighted by Gasteiger charge is -2.28. The minimum atomic E-state index is 0.0333. The van der Waals surface area contributed by atoms with E-state index in [9.17, 15) is 4.79 Å². The zero-order valence-electron chi connectivity index (χ0n) is 13.0. The lowest BCUT2D eigenvalue weighted by molar-refractivity contribution is 0.104. The molecule has 0 amide bonds. The van der Waals surface area contributed by atoms with E-state index in [1.54, 1.807) is 6.08 Å². The number of allylic oxidation sites excluding steroid dienone is 1. The third kappa shape index (κ3) is 4.11. The molecule has 0 spiro atoms. The zero-order chi connectivity index (χ0) is 16.1. The van der Waals surface area contributed by atoms with Crippen molar-refractivity contribution in [2.45, 2.75) is 19.3 Å². The first kappa shape index (κ1) is 16.0. The highest BCUT2D eigenvalue weighted by Crippen LogP contribution is 2.21. The topological polar surface area (TPSA) is 20.3 Å². The van der Waals surface area contributed by atoms with Gasteiger partial charge in [-0.25, -0.2) is 0 Å². The van der Waals surface area contributed by atoms with Crippen molar-refractivity contribution in [3.05, 3.63) is 70.2 Å².